The van der Waals surface area contributed by atoms with Crippen LogP contribution in [0.5, 0.6) is 0 Å². The minimum absolute atomic E-state index is 0.0988. The van der Waals surface area contributed by atoms with Crippen molar-refractivity contribution in [2.45, 2.75) is 19.3 Å². The van der Waals surface area contributed by atoms with Crippen LogP contribution in [0.1, 0.15) is 19.3 Å². The highest BCUT2D eigenvalue weighted by Crippen LogP contribution is 2.28. The fraction of sp³-hybridized carbons (Fsp3) is 0.364. The predicted molar refractivity (Wildman–Crippen MR) is 59.9 cm³/mol. The molecule has 1 aromatic carbocycles. The van der Waals surface area contributed by atoms with E-state index in [1.54, 1.807) is 0 Å². The molecule has 1 aliphatic carbocycles. The first kappa shape index (κ1) is 9.33. The number of nitrogens with one attached hydrogen (secondary N) is 2. The van der Waals surface area contributed by atoms with E-state index in [-0.39, 0.29) is 11.8 Å². The summed E-state index contributed by atoms with van der Waals surface area (Å²) in [5, 5.41) is 13.5. The molecule has 2 N–H and O–H groups in total. The molecular weight excluding hydrogens is 204 g/mol. The largest absolute Gasteiger partial charge is 0.324 e. The second kappa shape index (κ2) is 3.59. The summed E-state index contributed by atoms with van der Waals surface area (Å²) >= 11 is 0. The minimum Gasteiger partial charge on any atom is -0.324 e. The van der Waals surface area contributed by atoms with Crippen molar-refractivity contribution in [2.75, 3.05) is 5.32 Å². The van der Waals surface area contributed by atoms with E-state index in [4.69, 9.17) is 0 Å². The zero-order valence-electron chi connectivity index (χ0n) is 8.73. The van der Waals surface area contributed by atoms with E-state index in [0.29, 0.717) is 0 Å². The number of fused-ring (bicyclic) bond motifs is 1. The molecule has 82 valence electrons. The molecule has 0 bridgehead atoms. The molecule has 1 aromatic heterocycles. The van der Waals surface area contributed by atoms with Crippen LogP contribution >= 0.6 is 0 Å². The first-order chi connectivity index (χ1) is 7.84. The summed E-state index contributed by atoms with van der Waals surface area (Å²) in [4.78, 5) is 11.8. The van der Waals surface area contributed by atoms with Crippen LogP contribution in [-0.4, -0.2) is 21.3 Å². The van der Waals surface area contributed by atoms with E-state index in [9.17, 15) is 4.79 Å². The fourth-order valence-electron chi connectivity index (χ4n) is 1.87. The van der Waals surface area contributed by atoms with Crippen LogP contribution in [0.2, 0.25) is 0 Å². The van der Waals surface area contributed by atoms with Gasteiger partial charge in [0, 0.05) is 5.92 Å². The summed E-state index contributed by atoms with van der Waals surface area (Å²) in [5.41, 5.74) is 2.23. The average Bonchev–Trinajstić information content (AvgIpc) is 2.63. The summed E-state index contributed by atoms with van der Waals surface area (Å²) in [6.45, 7) is 0. The summed E-state index contributed by atoms with van der Waals surface area (Å²) in [7, 11) is 0. The SMILES string of the molecule is O=C(Nc1cccc2n[nH]nc12)C1CCC1. The number of nitrogens with zero attached hydrogens (tertiary/aromatic N) is 2. The number of H-pyrrole nitrogens is 1. The highest BCUT2D eigenvalue weighted by Gasteiger charge is 2.25. The normalized spacial score (nSPS) is 16.0. The number of amides is 1. The maximum Gasteiger partial charge on any atom is 0.227 e. The van der Waals surface area contributed by atoms with Gasteiger partial charge in [-0.15, -0.1) is 0 Å². The monoisotopic (exact) mass is 216 g/mol. The van der Waals surface area contributed by atoms with Gasteiger partial charge in [0.1, 0.15) is 11.0 Å². The van der Waals surface area contributed by atoms with Gasteiger partial charge < -0.3 is 5.32 Å². The Hall–Kier alpha value is -1.91. The van der Waals surface area contributed by atoms with Gasteiger partial charge in [-0.2, -0.15) is 15.4 Å². The lowest BCUT2D eigenvalue weighted by Gasteiger charge is -2.23. The number of para-hydroxylation sites is 1. The molecule has 1 saturated carbocycles. The fourth-order valence-corrected chi connectivity index (χ4v) is 1.87. The molecule has 1 fully saturated rings. The summed E-state index contributed by atoms with van der Waals surface area (Å²) < 4.78 is 0. The Morgan fingerprint density at radius 1 is 1.38 bits per heavy atom. The van der Waals surface area contributed by atoms with E-state index in [0.717, 1.165) is 36.0 Å². The number of aromatic amines is 1. The Bertz CT molecular complexity index is 530. The third-order valence-corrected chi connectivity index (χ3v) is 3.08. The first-order valence-electron chi connectivity index (χ1n) is 5.45. The quantitative estimate of drug-likeness (QED) is 0.802. The smallest absolute Gasteiger partial charge is 0.227 e. The molecular formula is C11H12N4O. The van der Waals surface area contributed by atoms with Gasteiger partial charge >= 0.3 is 0 Å². The molecule has 1 heterocycles. The van der Waals surface area contributed by atoms with Crippen molar-refractivity contribution in [1.29, 1.82) is 0 Å². The van der Waals surface area contributed by atoms with E-state index in [2.05, 4.69) is 20.7 Å². The van der Waals surface area contributed by atoms with Crippen LogP contribution in [-0.2, 0) is 4.79 Å². The third kappa shape index (κ3) is 1.44. The number of hydrogen-bond acceptors (Lipinski definition) is 3. The topological polar surface area (TPSA) is 70.7 Å². The van der Waals surface area contributed by atoms with Gasteiger partial charge in [-0.25, -0.2) is 0 Å². The van der Waals surface area contributed by atoms with Crippen molar-refractivity contribution in [3.05, 3.63) is 18.2 Å². The molecule has 2 aromatic rings. The molecule has 16 heavy (non-hydrogen) atoms. The number of rotatable bonds is 2. The maximum atomic E-state index is 11.8. The highest BCUT2D eigenvalue weighted by molar-refractivity contribution is 6.00. The van der Waals surface area contributed by atoms with E-state index in [1.807, 2.05) is 18.2 Å². The number of aromatic nitrogens is 3. The average molecular weight is 216 g/mol. The van der Waals surface area contributed by atoms with Crippen LogP contribution in [0.4, 0.5) is 5.69 Å². The zero-order valence-corrected chi connectivity index (χ0v) is 8.73. The summed E-state index contributed by atoms with van der Waals surface area (Å²) in [6.07, 6.45) is 3.16. The van der Waals surface area contributed by atoms with Crippen molar-refractivity contribution in [3.63, 3.8) is 0 Å². The Labute approximate surface area is 92.2 Å². The van der Waals surface area contributed by atoms with Crippen molar-refractivity contribution in [2.24, 2.45) is 5.92 Å². The Morgan fingerprint density at radius 2 is 2.25 bits per heavy atom. The second-order valence-corrected chi connectivity index (χ2v) is 4.11. The molecule has 5 nitrogen and oxygen atoms in total. The van der Waals surface area contributed by atoms with E-state index < -0.39 is 0 Å². The maximum absolute atomic E-state index is 11.8. The van der Waals surface area contributed by atoms with Gasteiger partial charge in [-0.05, 0) is 25.0 Å². The van der Waals surface area contributed by atoms with E-state index >= 15 is 0 Å². The predicted octanol–water partition coefficient (Wildman–Crippen LogP) is 1.70. The third-order valence-electron chi connectivity index (χ3n) is 3.08. The molecule has 0 aliphatic heterocycles. The highest BCUT2D eigenvalue weighted by atomic mass is 16.1. The van der Waals surface area contributed by atoms with Gasteiger partial charge in [0.15, 0.2) is 0 Å². The Balaban J connectivity index is 1.88. The standard InChI is InChI=1S/C11H12N4O/c16-11(7-3-1-4-7)12-8-5-2-6-9-10(8)14-15-13-9/h2,5-7H,1,3-4H2,(H,12,16)(H,13,14,15). The van der Waals surface area contributed by atoms with Crippen LogP contribution in [0.25, 0.3) is 11.0 Å². The molecule has 0 atom stereocenters. The molecule has 1 aliphatic rings. The lowest BCUT2D eigenvalue weighted by molar-refractivity contribution is -0.122. The number of benzene rings is 1. The zero-order chi connectivity index (χ0) is 11.0. The van der Waals surface area contributed by atoms with Crippen LogP contribution < -0.4 is 5.32 Å². The molecule has 0 saturated heterocycles. The van der Waals surface area contributed by atoms with Crippen molar-refractivity contribution in [1.82, 2.24) is 15.4 Å². The second-order valence-electron chi connectivity index (χ2n) is 4.11. The molecule has 1 amide bonds. The lowest BCUT2D eigenvalue weighted by Crippen LogP contribution is -2.28. The minimum atomic E-state index is 0.0988. The van der Waals surface area contributed by atoms with Crippen LogP contribution in [0.15, 0.2) is 18.2 Å². The lowest BCUT2D eigenvalue weighted by atomic mass is 9.85. The summed E-state index contributed by atoms with van der Waals surface area (Å²) in [5.74, 6) is 0.281. The number of hydrogen-bond donors (Lipinski definition) is 2. The molecule has 3 rings (SSSR count). The van der Waals surface area contributed by atoms with Crippen molar-refractivity contribution in [3.8, 4) is 0 Å². The molecule has 0 unspecified atom stereocenters. The van der Waals surface area contributed by atoms with Gasteiger partial charge in [-0.1, -0.05) is 12.5 Å². The molecule has 0 radical (unpaired) electrons. The number of anilines is 1. The van der Waals surface area contributed by atoms with Crippen LogP contribution in [0.3, 0.4) is 0 Å². The molecule has 0 spiro atoms. The van der Waals surface area contributed by atoms with Gasteiger partial charge in [0.2, 0.25) is 5.91 Å². The Morgan fingerprint density at radius 3 is 3.00 bits per heavy atom. The van der Waals surface area contributed by atoms with Gasteiger partial charge in [0.25, 0.3) is 0 Å². The van der Waals surface area contributed by atoms with Crippen molar-refractivity contribution < 1.29 is 4.79 Å². The number of carbonyl (C=O) groups is 1. The molecule has 5 heteroatoms. The van der Waals surface area contributed by atoms with Gasteiger partial charge in [-0.3, -0.25) is 4.79 Å². The first-order valence-corrected chi connectivity index (χ1v) is 5.45. The number of carbonyl (C=O) groups excluding carboxylic acids is 1. The van der Waals surface area contributed by atoms with Gasteiger partial charge in [0.05, 0.1) is 5.69 Å². The van der Waals surface area contributed by atoms with Crippen LogP contribution in [0, 0.1) is 5.92 Å². The summed E-state index contributed by atoms with van der Waals surface area (Å²) in [6, 6.07) is 5.57. The van der Waals surface area contributed by atoms with E-state index in [1.165, 1.54) is 0 Å². The van der Waals surface area contributed by atoms with Crippen molar-refractivity contribution >= 4 is 22.6 Å². The Kier molecular flexibility index (Phi) is 2.09.